The first-order valence-electron chi connectivity index (χ1n) is 7.23. The van der Waals surface area contributed by atoms with E-state index < -0.39 is 0 Å². The highest BCUT2D eigenvalue weighted by Gasteiger charge is 2.34. The van der Waals surface area contributed by atoms with Crippen molar-refractivity contribution in [3.8, 4) is 0 Å². The van der Waals surface area contributed by atoms with Gasteiger partial charge < -0.3 is 15.4 Å². The highest BCUT2D eigenvalue weighted by atomic mass is 32.1. The van der Waals surface area contributed by atoms with Crippen LogP contribution in [-0.4, -0.2) is 29.5 Å². The smallest absolute Gasteiger partial charge is 0.345 e. The summed E-state index contributed by atoms with van der Waals surface area (Å²) in [6, 6.07) is 0.529. The highest BCUT2D eigenvalue weighted by Crippen LogP contribution is 2.39. The Hall–Kier alpha value is -1.30. The van der Waals surface area contributed by atoms with Crippen molar-refractivity contribution >= 4 is 28.3 Å². The number of carbonyl (C=O) groups is 1. The predicted octanol–water partition coefficient (Wildman–Crippen LogP) is 2.92. The molecule has 0 radical (unpaired) electrons. The lowest BCUT2D eigenvalue weighted by Crippen LogP contribution is -2.28. The van der Waals surface area contributed by atoms with E-state index in [9.17, 15) is 4.79 Å². The Morgan fingerprint density at radius 1 is 1.55 bits per heavy atom. The number of esters is 1. The zero-order valence-corrected chi connectivity index (χ0v) is 13.2. The molecule has 0 spiro atoms. The molecular formula is C14H23N3O2S. The summed E-state index contributed by atoms with van der Waals surface area (Å²) in [6.45, 7) is 7.50. The molecule has 1 aromatic rings. The van der Waals surface area contributed by atoms with Gasteiger partial charge in [-0.25, -0.2) is 4.79 Å². The van der Waals surface area contributed by atoms with Gasteiger partial charge in [0.05, 0.1) is 6.61 Å². The molecule has 2 rings (SSSR count). The third-order valence-corrected chi connectivity index (χ3v) is 4.28. The molecule has 0 aliphatic heterocycles. The minimum absolute atomic E-state index is 0.290. The fourth-order valence-corrected chi connectivity index (χ4v) is 3.02. The molecule has 0 amide bonds. The molecule has 6 heteroatoms. The van der Waals surface area contributed by atoms with Crippen LogP contribution in [0.1, 0.15) is 50.4 Å². The minimum atomic E-state index is -0.357. The number of nitrogens with zero attached hydrogens (tertiary/aromatic N) is 2. The number of hydrogen-bond acceptors (Lipinski definition) is 6. The van der Waals surface area contributed by atoms with Crippen LogP contribution in [0.15, 0.2) is 0 Å². The molecule has 2 N–H and O–H groups in total. The summed E-state index contributed by atoms with van der Waals surface area (Å²) in [6.07, 6.45) is 3.45. The van der Waals surface area contributed by atoms with Crippen LogP contribution in [0.5, 0.6) is 0 Å². The topological polar surface area (TPSA) is 68.5 Å². The first-order valence-corrected chi connectivity index (χ1v) is 8.00. The van der Waals surface area contributed by atoms with Crippen molar-refractivity contribution < 1.29 is 9.53 Å². The summed E-state index contributed by atoms with van der Waals surface area (Å²) >= 11 is 1.31. The largest absolute Gasteiger partial charge is 0.462 e. The second kappa shape index (κ2) is 6.43. The van der Waals surface area contributed by atoms with Crippen molar-refractivity contribution in [1.82, 2.24) is 4.37 Å². The van der Waals surface area contributed by atoms with Gasteiger partial charge in [0.25, 0.3) is 0 Å². The van der Waals surface area contributed by atoms with E-state index in [1.54, 1.807) is 6.92 Å². The average molecular weight is 297 g/mol. The van der Waals surface area contributed by atoms with Crippen molar-refractivity contribution in [2.75, 3.05) is 23.8 Å². The average Bonchev–Trinajstić information content (AvgIpc) is 3.13. The van der Waals surface area contributed by atoms with Gasteiger partial charge in [-0.15, -0.1) is 0 Å². The Labute approximate surface area is 124 Å². The van der Waals surface area contributed by atoms with Gasteiger partial charge in [-0.1, -0.05) is 13.8 Å². The molecule has 0 atom stereocenters. The van der Waals surface area contributed by atoms with Gasteiger partial charge in [-0.05, 0) is 43.6 Å². The van der Waals surface area contributed by atoms with E-state index in [-0.39, 0.29) is 5.97 Å². The fourth-order valence-electron chi connectivity index (χ4n) is 2.12. The third kappa shape index (κ3) is 3.42. The maximum atomic E-state index is 12.1. The zero-order chi connectivity index (χ0) is 14.7. The van der Waals surface area contributed by atoms with Crippen molar-refractivity contribution in [2.24, 2.45) is 5.92 Å². The van der Waals surface area contributed by atoms with E-state index >= 15 is 0 Å². The SMILES string of the molecule is CCOC(=O)c1c(N)nsc1N(CCC(C)C)C1CC1. The maximum absolute atomic E-state index is 12.1. The van der Waals surface area contributed by atoms with Gasteiger partial charge in [0.2, 0.25) is 0 Å². The molecule has 1 aliphatic carbocycles. The van der Waals surface area contributed by atoms with Crippen LogP contribution in [0.2, 0.25) is 0 Å². The first-order chi connectivity index (χ1) is 9.54. The molecule has 112 valence electrons. The van der Waals surface area contributed by atoms with E-state index in [0.717, 1.165) is 18.0 Å². The molecule has 0 unspecified atom stereocenters. The Bertz CT molecular complexity index is 469. The van der Waals surface area contributed by atoms with Gasteiger partial charge in [0.15, 0.2) is 5.82 Å². The lowest BCUT2D eigenvalue weighted by molar-refractivity contribution is 0.0528. The second-order valence-electron chi connectivity index (χ2n) is 5.58. The van der Waals surface area contributed by atoms with E-state index in [1.807, 2.05) is 0 Å². The summed E-state index contributed by atoms with van der Waals surface area (Å²) in [5.74, 6) is 0.565. The summed E-state index contributed by atoms with van der Waals surface area (Å²) in [7, 11) is 0. The molecule has 1 fully saturated rings. The molecule has 1 saturated carbocycles. The van der Waals surface area contributed by atoms with Crippen LogP contribution >= 0.6 is 11.5 Å². The number of rotatable bonds is 7. The molecule has 1 aromatic heterocycles. The molecular weight excluding hydrogens is 274 g/mol. The molecule has 1 heterocycles. The summed E-state index contributed by atoms with van der Waals surface area (Å²) in [5.41, 5.74) is 6.31. The molecule has 5 nitrogen and oxygen atoms in total. The zero-order valence-electron chi connectivity index (χ0n) is 12.4. The Kier molecular flexibility index (Phi) is 4.86. The molecule has 1 aliphatic rings. The predicted molar refractivity (Wildman–Crippen MR) is 82.3 cm³/mol. The van der Waals surface area contributed by atoms with Crippen molar-refractivity contribution in [2.45, 2.75) is 46.1 Å². The minimum Gasteiger partial charge on any atom is -0.462 e. The van der Waals surface area contributed by atoms with E-state index in [2.05, 4.69) is 23.1 Å². The molecule has 0 saturated heterocycles. The molecule has 20 heavy (non-hydrogen) atoms. The van der Waals surface area contributed by atoms with E-state index in [4.69, 9.17) is 10.5 Å². The maximum Gasteiger partial charge on any atom is 0.345 e. The van der Waals surface area contributed by atoms with Crippen LogP contribution in [0.3, 0.4) is 0 Å². The van der Waals surface area contributed by atoms with Gasteiger partial charge >= 0.3 is 5.97 Å². The second-order valence-corrected chi connectivity index (χ2v) is 6.33. The number of ether oxygens (including phenoxy) is 1. The Morgan fingerprint density at radius 2 is 2.25 bits per heavy atom. The van der Waals surface area contributed by atoms with Crippen LogP contribution in [0.25, 0.3) is 0 Å². The van der Waals surface area contributed by atoms with Crippen LogP contribution in [-0.2, 0) is 4.74 Å². The van der Waals surface area contributed by atoms with Crippen LogP contribution in [0, 0.1) is 5.92 Å². The summed E-state index contributed by atoms with van der Waals surface area (Å²) < 4.78 is 9.26. The lowest BCUT2D eigenvalue weighted by Gasteiger charge is -2.24. The third-order valence-electron chi connectivity index (χ3n) is 3.38. The summed E-state index contributed by atoms with van der Waals surface area (Å²) in [4.78, 5) is 14.4. The molecule has 0 bridgehead atoms. The van der Waals surface area contributed by atoms with Crippen molar-refractivity contribution in [3.63, 3.8) is 0 Å². The van der Waals surface area contributed by atoms with Crippen LogP contribution < -0.4 is 10.6 Å². The van der Waals surface area contributed by atoms with E-state index in [1.165, 1.54) is 24.4 Å². The van der Waals surface area contributed by atoms with Gasteiger partial charge in [-0.2, -0.15) is 4.37 Å². The van der Waals surface area contributed by atoms with Crippen molar-refractivity contribution in [3.05, 3.63) is 5.56 Å². The normalized spacial score (nSPS) is 14.6. The number of hydrogen-bond donors (Lipinski definition) is 1. The quantitative estimate of drug-likeness (QED) is 0.784. The molecule has 0 aromatic carbocycles. The monoisotopic (exact) mass is 297 g/mol. The fraction of sp³-hybridized carbons (Fsp3) is 0.714. The standard InChI is InChI=1S/C14H23N3O2S/c1-4-19-14(18)11-12(15)16-20-13(11)17(10-5-6-10)8-7-9(2)3/h9-10H,4-8H2,1-3H3,(H2,15,16). The number of nitrogen functional groups attached to an aromatic ring is 1. The van der Waals surface area contributed by atoms with Gasteiger partial charge in [-0.3, -0.25) is 0 Å². The van der Waals surface area contributed by atoms with Crippen LogP contribution in [0.4, 0.5) is 10.8 Å². The highest BCUT2D eigenvalue weighted by molar-refractivity contribution is 7.11. The summed E-state index contributed by atoms with van der Waals surface area (Å²) in [5, 5.41) is 0.879. The Balaban J connectivity index is 2.22. The first kappa shape index (κ1) is 15.1. The number of aromatic nitrogens is 1. The van der Waals surface area contributed by atoms with Gasteiger partial charge in [0, 0.05) is 12.6 Å². The number of carbonyl (C=O) groups excluding carboxylic acids is 1. The Morgan fingerprint density at radius 3 is 2.80 bits per heavy atom. The lowest BCUT2D eigenvalue weighted by atomic mass is 10.1. The van der Waals surface area contributed by atoms with E-state index in [0.29, 0.717) is 29.9 Å². The number of nitrogens with two attached hydrogens (primary N) is 1. The van der Waals surface area contributed by atoms with Crippen molar-refractivity contribution in [1.29, 1.82) is 0 Å². The van der Waals surface area contributed by atoms with Gasteiger partial charge in [0.1, 0.15) is 10.6 Å². The number of anilines is 2.